The van der Waals surface area contributed by atoms with E-state index in [-0.39, 0.29) is 12.5 Å². The minimum absolute atomic E-state index is 0.0287. The predicted octanol–water partition coefficient (Wildman–Crippen LogP) is 1.02. The van der Waals surface area contributed by atoms with Gasteiger partial charge in [-0.1, -0.05) is 0 Å². The fourth-order valence-electron chi connectivity index (χ4n) is 1.89. The lowest BCUT2D eigenvalue weighted by atomic mass is 9.85. The lowest BCUT2D eigenvalue weighted by Crippen LogP contribution is -2.56. The molecule has 1 aromatic rings. The van der Waals surface area contributed by atoms with E-state index in [1.807, 2.05) is 18.4 Å². The molecule has 1 N–H and O–H groups in total. The molecular weight excluding hydrogens is 238 g/mol. The van der Waals surface area contributed by atoms with Gasteiger partial charge in [0.2, 0.25) is 5.91 Å². The van der Waals surface area contributed by atoms with Gasteiger partial charge in [0.1, 0.15) is 5.41 Å². The van der Waals surface area contributed by atoms with Crippen LogP contribution in [-0.4, -0.2) is 42.8 Å². The van der Waals surface area contributed by atoms with E-state index in [1.165, 1.54) is 10.4 Å². The normalized spacial score (nSPS) is 17.6. The summed E-state index contributed by atoms with van der Waals surface area (Å²) >= 11 is 1.65. The Hall–Kier alpha value is -0.910. The highest BCUT2D eigenvalue weighted by Gasteiger charge is 2.46. The van der Waals surface area contributed by atoms with Crippen molar-refractivity contribution in [1.82, 2.24) is 4.90 Å². The maximum absolute atomic E-state index is 12.2. The second kappa shape index (κ2) is 4.76. The maximum Gasteiger partial charge on any atom is 0.235 e. The Morgan fingerprint density at radius 1 is 1.65 bits per heavy atom. The van der Waals surface area contributed by atoms with Crippen LogP contribution in [0.4, 0.5) is 0 Å². The number of aliphatic hydroxyl groups is 1. The number of hydrogen-bond donors (Lipinski definition) is 1. The minimum atomic E-state index is -0.695. The van der Waals surface area contributed by atoms with Crippen molar-refractivity contribution < 1.29 is 14.6 Å². The third-order valence-corrected chi connectivity index (χ3v) is 4.22. The van der Waals surface area contributed by atoms with Gasteiger partial charge in [-0.25, -0.2) is 0 Å². The zero-order valence-corrected chi connectivity index (χ0v) is 10.9. The molecule has 0 bridgehead atoms. The van der Waals surface area contributed by atoms with Crippen LogP contribution in [0.2, 0.25) is 0 Å². The number of carbonyl (C=O) groups is 1. The number of rotatable bonds is 4. The summed E-state index contributed by atoms with van der Waals surface area (Å²) in [6.45, 7) is 3.16. The highest BCUT2D eigenvalue weighted by molar-refractivity contribution is 7.10. The average Bonchev–Trinajstić information content (AvgIpc) is 2.63. The van der Waals surface area contributed by atoms with Gasteiger partial charge in [-0.3, -0.25) is 4.79 Å². The van der Waals surface area contributed by atoms with E-state index in [0.717, 1.165) is 0 Å². The Labute approximate surface area is 105 Å². The van der Waals surface area contributed by atoms with E-state index in [0.29, 0.717) is 19.8 Å². The molecule has 0 unspecified atom stereocenters. The Kier molecular flexibility index (Phi) is 3.51. The summed E-state index contributed by atoms with van der Waals surface area (Å²) in [5.41, 5.74) is 0.512. The average molecular weight is 255 g/mol. The van der Waals surface area contributed by atoms with Crippen LogP contribution < -0.4 is 0 Å². The van der Waals surface area contributed by atoms with E-state index in [2.05, 4.69) is 0 Å². The summed E-state index contributed by atoms with van der Waals surface area (Å²) in [6, 6.07) is 2.05. The maximum atomic E-state index is 12.2. The Balaban J connectivity index is 2.03. The van der Waals surface area contributed by atoms with Gasteiger partial charge < -0.3 is 14.7 Å². The summed E-state index contributed by atoms with van der Waals surface area (Å²) in [5.74, 6) is -0.0287. The summed E-state index contributed by atoms with van der Waals surface area (Å²) in [6.07, 6.45) is 0. The minimum Gasteiger partial charge on any atom is -0.395 e. The number of hydrogen-bond acceptors (Lipinski definition) is 4. The van der Waals surface area contributed by atoms with Crippen LogP contribution in [0, 0.1) is 12.3 Å². The smallest absolute Gasteiger partial charge is 0.235 e. The molecule has 0 atom stereocenters. The predicted molar refractivity (Wildman–Crippen MR) is 65.9 cm³/mol. The number of thiophene rings is 1. The standard InChI is InChI=1S/C12H17NO3S/c1-9-3-4-17-10(9)5-13(2)11(15)12(6-14)7-16-8-12/h3-4,14H,5-8H2,1-2H3. The van der Waals surface area contributed by atoms with Crippen LogP contribution in [0.3, 0.4) is 0 Å². The molecular formula is C12H17NO3S. The Bertz CT molecular complexity index is 406. The SMILES string of the molecule is Cc1ccsc1CN(C)C(=O)C1(CO)COC1. The lowest BCUT2D eigenvalue weighted by molar-refractivity contribution is -0.179. The number of amides is 1. The first-order chi connectivity index (χ1) is 8.09. The Morgan fingerprint density at radius 3 is 2.76 bits per heavy atom. The molecule has 1 aromatic heterocycles. The molecule has 0 aromatic carbocycles. The molecule has 1 fully saturated rings. The summed E-state index contributed by atoms with van der Waals surface area (Å²) in [5, 5.41) is 11.3. The molecule has 2 heterocycles. The van der Waals surface area contributed by atoms with E-state index < -0.39 is 5.41 Å². The summed E-state index contributed by atoms with van der Waals surface area (Å²) in [4.78, 5) is 15.1. The van der Waals surface area contributed by atoms with Gasteiger partial charge in [-0.05, 0) is 23.9 Å². The fraction of sp³-hybridized carbons (Fsp3) is 0.583. The van der Waals surface area contributed by atoms with Gasteiger partial charge in [-0.2, -0.15) is 0 Å². The van der Waals surface area contributed by atoms with Gasteiger partial charge >= 0.3 is 0 Å². The Morgan fingerprint density at radius 2 is 2.35 bits per heavy atom. The molecule has 1 amide bonds. The quantitative estimate of drug-likeness (QED) is 0.874. The van der Waals surface area contributed by atoms with Gasteiger partial charge in [0.15, 0.2) is 0 Å². The van der Waals surface area contributed by atoms with Gasteiger partial charge in [0.05, 0.1) is 26.4 Å². The zero-order valence-electron chi connectivity index (χ0n) is 10.1. The highest BCUT2D eigenvalue weighted by Crippen LogP contribution is 2.30. The molecule has 17 heavy (non-hydrogen) atoms. The van der Waals surface area contributed by atoms with Crippen molar-refractivity contribution in [1.29, 1.82) is 0 Å². The van der Waals surface area contributed by atoms with Crippen molar-refractivity contribution in [3.8, 4) is 0 Å². The first-order valence-corrected chi connectivity index (χ1v) is 6.44. The van der Waals surface area contributed by atoms with Gasteiger partial charge in [0, 0.05) is 11.9 Å². The second-order valence-electron chi connectivity index (χ2n) is 4.62. The third kappa shape index (κ3) is 2.22. The molecule has 1 saturated heterocycles. The van der Waals surface area contributed by atoms with Crippen LogP contribution in [0.5, 0.6) is 0 Å². The number of nitrogens with zero attached hydrogens (tertiary/aromatic N) is 1. The van der Waals surface area contributed by atoms with Gasteiger partial charge in [0.25, 0.3) is 0 Å². The monoisotopic (exact) mass is 255 g/mol. The zero-order chi connectivity index (χ0) is 12.5. The van der Waals surface area contributed by atoms with Crippen LogP contribution >= 0.6 is 11.3 Å². The number of aliphatic hydroxyl groups excluding tert-OH is 1. The number of carbonyl (C=O) groups excluding carboxylic acids is 1. The van der Waals surface area contributed by atoms with Crippen LogP contribution in [0.1, 0.15) is 10.4 Å². The fourth-order valence-corrected chi connectivity index (χ4v) is 2.85. The molecule has 5 heteroatoms. The van der Waals surface area contributed by atoms with Gasteiger partial charge in [-0.15, -0.1) is 11.3 Å². The van der Waals surface area contributed by atoms with E-state index in [9.17, 15) is 9.90 Å². The van der Waals surface area contributed by atoms with E-state index in [4.69, 9.17) is 4.74 Å². The molecule has 2 rings (SSSR count). The van der Waals surface area contributed by atoms with Crippen LogP contribution in [-0.2, 0) is 16.1 Å². The molecule has 1 aliphatic heterocycles. The first-order valence-electron chi connectivity index (χ1n) is 5.56. The summed E-state index contributed by atoms with van der Waals surface area (Å²) < 4.78 is 5.05. The summed E-state index contributed by atoms with van der Waals surface area (Å²) in [7, 11) is 1.78. The van der Waals surface area contributed by atoms with Crippen molar-refractivity contribution in [2.75, 3.05) is 26.9 Å². The van der Waals surface area contributed by atoms with Crippen molar-refractivity contribution >= 4 is 17.2 Å². The molecule has 0 spiro atoms. The molecule has 0 radical (unpaired) electrons. The van der Waals surface area contributed by atoms with Crippen molar-refractivity contribution in [2.45, 2.75) is 13.5 Å². The largest absolute Gasteiger partial charge is 0.395 e. The molecule has 1 aliphatic rings. The van der Waals surface area contributed by atoms with Crippen LogP contribution in [0.15, 0.2) is 11.4 Å². The lowest BCUT2D eigenvalue weighted by Gasteiger charge is -2.40. The second-order valence-corrected chi connectivity index (χ2v) is 5.62. The van der Waals surface area contributed by atoms with E-state index >= 15 is 0 Å². The van der Waals surface area contributed by atoms with Crippen molar-refractivity contribution in [3.05, 3.63) is 21.9 Å². The molecule has 94 valence electrons. The topological polar surface area (TPSA) is 49.8 Å². The van der Waals surface area contributed by atoms with Crippen molar-refractivity contribution in [2.24, 2.45) is 5.41 Å². The highest BCUT2D eigenvalue weighted by atomic mass is 32.1. The molecule has 4 nitrogen and oxygen atoms in total. The van der Waals surface area contributed by atoms with E-state index in [1.54, 1.807) is 23.3 Å². The molecule has 0 saturated carbocycles. The molecule has 0 aliphatic carbocycles. The van der Waals surface area contributed by atoms with Crippen molar-refractivity contribution in [3.63, 3.8) is 0 Å². The first kappa shape index (κ1) is 12.5. The third-order valence-electron chi connectivity index (χ3n) is 3.21. The number of ether oxygens (including phenoxy) is 1. The number of aryl methyl sites for hydroxylation is 1. The van der Waals surface area contributed by atoms with Crippen LogP contribution in [0.25, 0.3) is 0 Å².